The zero-order valence-electron chi connectivity index (χ0n) is 14.1. The van der Waals surface area contributed by atoms with Crippen LogP contribution in [0.3, 0.4) is 0 Å². The minimum atomic E-state index is -0.690. The van der Waals surface area contributed by atoms with Crippen molar-refractivity contribution in [2.45, 2.75) is 26.3 Å². The number of para-hydroxylation sites is 1. The first-order valence-electron chi connectivity index (χ1n) is 7.73. The molecule has 0 saturated carbocycles. The molecular formula is C18H17N4O3-. The van der Waals surface area contributed by atoms with Gasteiger partial charge in [0.05, 0.1) is 28.0 Å². The number of fused-ring (bicyclic) bond motifs is 1. The Hall–Kier alpha value is -3.22. The molecule has 1 heterocycles. The summed E-state index contributed by atoms with van der Waals surface area (Å²) in [6, 6.07) is 9.72. The van der Waals surface area contributed by atoms with Crippen molar-refractivity contribution in [1.82, 2.24) is 9.55 Å². The van der Waals surface area contributed by atoms with Crippen LogP contribution in [0.2, 0.25) is 0 Å². The molecule has 7 nitrogen and oxygen atoms in total. The van der Waals surface area contributed by atoms with E-state index in [1.807, 2.05) is 18.2 Å². The molecular weight excluding hydrogens is 320 g/mol. The summed E-state index contributed by atoms with van der Waals surface area (Å²) in [5, 5.41) is 22.8. The first-order chi connectivity index (χ1) is 11.8. The molecule has 7 heteroatoms. The zero-order chi connectivity index (χ0) is 18.2. The van der Waals surface area contributed by atoms with Gasteiger partial charge in [0.15, 0.2) is 0 Å². The zero-order valence-corrected chi connectivity index (χ0v) is 14.1. The summed E-state index contributed by atoms with van der Waals surface area (Å²) < 4.78 is 2.08. The Morgan fingerprint density at radius 1 is 1.24 bits per heavy atom. The Morgan fingerprint density at radius 2 is 2.00 bits per heavy atom. The molecule has 0 N–H and O–H groups in total. The fourth-order valence-electron chi connectivity index (χ4n) is 2.55. The summed E-state index contributed by atoms with van der Waals surface area (Å²) in [7, 11) is 0. The standard InChI is InChI=1S/C18H18N4O3/c1-18(2,3)21-11-20-14-9-13(7-8-15(14)21)19-10-12-5-4-6-16(17(12)23)22(24)25/h4-11,23H,1-3H3/p-1. The van der Waals surface area contributed by atoms with Gasteiger partial charge in [0.1, 0.15) is 0 Å². The predicted octanol–water partition coefficient (Wildman–Crippen LogP) is 3.52. The number of nitro groups is 1. The van der Waals surface area contributed by atoms with Crippen LogP contribution in [0.15, 0.2) is 47.7 Å². The molecule has 0 aliphatic carbocycles. The van der Waals surface area contributed by atoms with Crippen LogP contribution in [-0.4, -0.2) is 20.7 Å². The number of aliphatic imine (C=N–C) groups is 1. The van der Waals surface area contributed by atoms with Gasteiger partial charge in [-0.25, -0.2) is 4.98 Å². The largest absolute Gasteiger partial charge is 0.867 e. The molecule has 128 valence electrons. The van der Waals surface area contributed by atoms with Crippen LogP contribution >= 0.6 is 0 Å². The highest BCUT2D eigenvalue weighted by Crippen LogP contribution is 2.27. The van der Waals surface area contributed by atoms with Crippen LogP contribution in [0, 0.1) is 10.1 Å². The van der Waals surface area contributed by atoms with Gasteiger partial charge in [-0.15, -0.1) is 0 Å². The molecule has 0 amide bonds. The molecule has 0 atom stereocenters. The Kier molecular flexibility index (Phi) is 4.00. The van der Waals surface area contributed by atoms with Crippen LogP contribution in [0.25, 0.3) is 11.0 Å². The Labute approximate surface area is 144 Å². The van der Waals surface area contributed by atoms with Gasteiger partial charge in [-0.3, -0.25) is 15.1 Å². The highest BCUT2D eigenvalue weighted by atomic mass is 16.6. The monoisotopic (exact) mass is 337 g/mol. The molecule has 2 aromatic carbocycles. The van der Waals surface area contributed by atoms with Crippen molar-refractivity contribution in [2.24, 2.45) is 4.99 Å². The number of rotatable bonds is 3. The lowest BCUT2D eigenvalue weighted by molar-refractivity contribution is -0.398. The lowest BCUT2D eigenvalue weighted by atomic mass is 10.1. The van der Waals surface area contributed by atoms with Gasteiger partial charge < -0.3 is 9.67 Å². The molecule has 0 saturated heterocycles. The third-order valence-corrected chi connectivity index (χ3v) is 3.83. The number of nitrogens with zero attached hydrogens (tertiary/aromatic N) is 4. The molecule has 3 rings (SSSR count). The molecule has 1 aromatic heterocycles. The van der Waals surface area contributed by atoms with E-state index in [4.69, 9.17) is 0 Å². The fraction of sp³-hybridized carbons (Fsp3) is 0.222. The van der Waals surface area contributed by atoms with Gasteiger partial charge in [0.25, 0.3) is 5.69 Å². The first kappa shape index (κ1) is 16.6. The van der Waals surface area contributed by atoms with Crippen LogP contribution in [0.1, 0.15) is 26.3 Å². The van der Waals surface area contributed by atoms with Gasteiger partial charge in [0.2, 0.25) is 0 Å². The minimum absolute atomic E-state index is 0.0834. The van der Waals surface area contributed by atoms with E-state index < -0.39 is 16.4 Å². The van der Waals surface area contributed by atoms with Crippen molar-refractivity contribution < 1.29 is 10.0 Å². The van der Waals surface area contributed by atoms with Crippen molar-refractivity contribution in [3.05, 3.63) is 58.4 Å². The fourth-order valence-corrected chi connectivity index (χ4v) is 2.55. The Balaban J connectivity index is 1.95. The SMILES string of the molecule is CC(C)(C)n1cnc2cc(N=Cc3cccc([N+](=O)[O-])c3[O-])ccc21. The van der Waals surface area contributed by atoms with E-state index in [-0.39, 0.29) is 11.1 Å². The van der Waals surface area contributed by atoms with E-state index in [0.29, 0.717) is 5.69 Å². The average Bonchev–Trinajstić information content (AvgIpc) is 2.97. The van der Waals surface area contributed by atoms with E-state index in [1.54, 1.807) is 6.33 Å². The van der Waals surface area contributed by atoms with E-state index in [1.165, 1.54) is 24.4 Å². The first-order valence-corrected chi connectivity index (χ1v) is 7.73. The van der Waals surface area contributed by atoms with E-state index in [9.17, 15) is 15.2 Å². The van der Waals surface area contributed by atoms with Gasteiger partial charge in [-0.05, 0) is 50.3 Å². The molecule has 0 aliphatic heterocycles. The van der Waals surface area contributed by atoms with Gasteiger partial charge in [-0.2, -0.15) is 0 Å². The summed E-state index contributed by atoms with van der Waals surface area (Å²) in [6.07, 6.45) is 3.13. The molecule has 0 unspecified atom stereocenters. The van der Waals surface area contributed by atoms with Crippen molar-refractivity contribution >= 4 is 28.6 Å². The maximum absolute atomic E-state index is 12.0. The van der Waals surface area contributed by atoms with Crippen molar-refractivity contribution in [3.63, 3.8) is 0 Å². The van der Waals surface area contributed by atoms with Gasteiger partial charge >= 0.3 is 0 Å². The summed E-state index contributed by atoms with van der Waals surface area (Å²) in [5.74, 6) is -0.644. The van der Waals surface area contributed by atoms with Crippen LogP contribution in [0.4, 0.5) is 11.4 Å². The second-order valence-corrected chi connectivity index (χ2v) is 6.67. The average molecular weight is 337 g/mol. The smallest absolute Gasteiger partial charge is 0.262 e. The number of imidazole rings is 1. The number of hydrogen-bond donors (Lipinski definition) is 0. The van der Waals surface area contributed by atoms with Crippen molar-refractivity contribution in [1.29, 1.82) is 0 Å². The molecule has 0 bridgehead atoms. The summed E-state index contributed by atoms with van der Waals surface area (Å²) in [6.45, 7) is 6.29. The lowest BCUT2D eigenvalue weighted by Crippen LogP contribution is -2.20. The normalized spacial score (nSPS) is 12.1. The van der Waals surface area contributed by atoms with E-state index in [2.05, 4.69) is 35.3 Å². The van der Waals surface area contributed by atoms with Gasteiger partial charge in [0, 0.05) is 17.8 Å². The third kappa shape index (κ3) is 3.21. The number of benzene rings is 2. The third-order valence-electron chi connectivity index (χ3n) is 3.83. The Bertz CT molecular complexity index is 984. The molecule has 0 aliphatic rings. The van der Waals surface area contributed by atoms with E-state index >= 15 is 0 Å². The molecule has 0 fully saturated rings. The van der Waals surface area contributed by atoms with Crippen LogP contribution < -0.4 is 5.11 Å². The second kappa shape index (κ2) is 6.01. The summed E-state index contributed by atoms with van der Waals surface area (Å²) in [4.78, 5) is 18.8. The van der Waals surface area contributed by atoms with Crippen molar-refractivity contribution in [3.8, 4) is 5.75 Å². The van der Waals surface area contributed by atoms with Crippen LogP contribution in [0.5, 0.6) is 5.75 Å². The summed E-state index contributed by atoms with van der Waals surface area (Å²) >= 11 is 0. The quantitative estimate of drug-likeness (QED) is 0.415. The second-order valence-electron chi connectivity index (χ2n) is 6.67. The Morgan fingerprint density at radius 3 is 2.68 bits per heavy atom. The summed E-state index contributed by atoms with van der Waals surface area (Å²) in [5.41, 5.74) is 2.05. The molecule has 3 aromatic rings. The van der Waals surface area contributed by atoms with Gasteiger partial charge in [-0.1, -0.05) is 12.1 Å². The predicted molar refractivity (Wildman–Crippen MR) is 94.5 cm³/mol. The van der Waals surface area contributed by atoms with E-state index in [0.717, 1.165) is 11.0 Å². The maximum Gasteiger partial charge on any atom is 0.262 e. The number of nitro benzene ring substituents is 1. The number of hydrogen-bond acceptors (Lipinski definition) is 5. The van der Waals surface area contributed by atoms with Crippen molar-refractivity contribution in [2.75, 3.05) is 0 Å². The highest BCUT2D eigenvalue weighted by Gasteiger charge is 2.15. The van der Waals surface area contributed by atoms with Crippen LogP contribution in [-0.2, 0) is 5.54 Å². The molecule has 0 spiro atoms. The topological polar surface area (TPSA) is 96.4 Å². The number of aromatic nitrogens is 2. The lowest BCUT2D eigenvalue weighted by Gasteiger charge is -2.21. The molecule has 0 radical (unpaired) electrons. The minimum Gasteiger partial charge on any atom is -0.867 e. The molecule has 25 heavy (non-hydrogen) atoms. The highest BCUT2D eigenvalue weighted by molar-refractivity contribution is 5.88. The maximum atomic E-state index is 12.0.